The number of amides is 1. The minimum Gasteiger partial charge on any atom is -0.390 e. The van der Waals surface area contributed by atoms with Gasteiger partial charge in [0.05, 0.1) is 12.1 Å². The van der Waals surface area contributed by atoms with Gasteiger partial charge in [0.2, 0.25) is 5.91 Å². The molecule has 1 heterocycles. The number of carbonyl (C=O) groups excluding carboxylic acids is 1. The molecular weight excluding hydrogens is 306 g/mol. The third-order valence-corrected chi connectivity index (χ3v) is 5.97. The molecule has 2 aromatic carbocycles. The van der Waals surface area contributed by atoms with Crippen LogP contribution in [0.2, 0.25) is 0 Å². The van der Waals surface area contributed by atoms with Gasteiger partial charge in [-0.15, -0.1) is 11.8 Å². The van der Waals surface area contributed by atoms with E-state index in [0.717, 1.165) is 28.9 Å². The summed E-state index contributed by atoms with van der Waals surface area (Å²) in [4.78, 5) is 12.8. The summed E-state index contributed by atoms with van der Waals surface area (Å²) < 4.78 is 0. The van der Waals surface area contributed by atoms with Crippen molar-refractivity contribution in [3.63, 3.8) is 0 Å². The van der Waals surface area contributed by atoms with Crippen LogP contribution in [-0.2, 0) is 17.6 Å². The molecule has 1 aliphatic heterocycles. The van der Waals surface area contributed by atoms with Crippen LogP contribution in [0.3, 0.4) is 0 Å². The van der Waals surface area contributed by atoms with E-state index in [1.165, 1.54) is 5.56 Å². The average molecular weight is 325 g/mol. The van der Waals surface area contributed by atoms with Crippen LogP contribution in [0.15, 0.2) is 48.5 Å². The van der Waals surface area contributed by atoms with Gasteiger partial charge < -0.3 is 10.4 Å². The Bertz CT molecular complexity index is 746. The van der Waals surface area contributed by atoms with E-state index in [4.69, 9.17) is 0 Å². The highest BCUT2D eigenvalue weighted by Crippen LogP contribution is 2.38. The number of nitrogens with one attached hydrogen (secondary N) is 1. The molecule has 4 rings (SSSR count). The van der Waals surface area contributed by atoms with Crippen molar-refractivity contribution in [1.82, 2.24) is 5.32 Å². The lowest BCUT2D eigenvalue weighted by Gasteiger charge is -2.27. The van der Waals surface area contributed by atoms with Gasteiger partial charge >= 0.3 is 0 Å². The van der Waals surface area contributed by atoms with Crippen LogP contribution >= 0.6 is 11.8 Å². The Morgan fingerprint density at radius 2 is 1.74 bits per heavy atom. The minimum absolute atomic E-state index is 0.00269. The highest BCUT2D eigenvalue weighted by atomic mass is 32.2. The molecule has 2 N–H and O–H groups in total. The summed E-state index contributed by atoms with van der Waals surface area (Å²) in [6.07, 6.45) is 1.08. The second-order valence-corrected chi connectivity index (χ2v) is 7.37. The van der Waals surface area contributed by atoms with Gasteiger partial charge in [-0.2, -0.15) is 0 Å². The molecule has 0 bridgehead atoms. The summed E-state index contributed by atoms with van der Waals surface area (Å²) in [6, 6.07) is 15.8. The Hall–Kier alpha value is -1.78. The van der Waals surface area contributed by atoms with Gasteiger partial charge in [-0.05, 0) is 34.4 Å². The van der Waals surface area contributed by atoms with Gasteiger partial charge in [0.1, 0.15) is 5.25 Å². The van der Waals surface area contributed by atoms with E-state index < -0.39 is 6.10 Å². The van der Waals surface area contributed by atoms with Crippen molar-refractivity contribution < 1.29 is 9.90 Å². The maximum absolute atomic E-state index is 12.8. The molecule has 3 nitrogen and oxygen atoms in total. The van der Waals surface area contributed by atoms with Gasteiger partial charge in [-0.1, -0.05) is 48.5 Å². The van der Waals surface area contributed by atoms with Crippen molar-refractivity contribution in [2.45, 2.75) is 30.2 Å². The zero-order valence-electron chi connectivity index (χ0n) is 12.7. The van der Waals surface area contributed by atoms with Crippen molar-refractivity contribution in [2.24, 2.45) is 0 Å². The summed E-state index contributed by atoms with van der Waals surface area (Å²) in [5.41, 5.74) is 4.55. The predicted molar refractivity (Wildman–Crippen MR) is 92.4 cm³/mol. The van der Waals surface area contributed by atoms with Crippen LogP contribution in [0.5, 0.6) is 0 Å². The first-order valence-corrected chi connectivity index (χ1v) is 9.04. The Kier molecular flexibility index (Phi) is 3.87. The SMILES string of the molecule is O=C(N[C@@H]1c2ccccc2C[C@H]1O)[C@H]1SCCc2ccccc21. The fraction of sp³-hybridized carbons (Fsp3) is 0.316. The lowest BCUT2D eigenvalue weighted by Crippen LogP contribution is -2.37. The van der Waals surface area contributed by atoms with E-state index in [0.29, 0.717) is 6.42 Å². The summed E-state index contributed by atoms with van der Waals surface area (Å²) in [7, 11) is 0. The highest BCUT2D eigenvalue weighted by molar-refractivity contribution is 8.00. The van der Waals surface area contributed by atoms with Gasteiger partial charge in [-0.3, -0.25) is 4.79 Å². The monoisotopic (exact) mass is 325 g/mol. The summed E-state index contributed by atoms with van der Waals surface area (Å²) >= 11 is 1.69. The minimum atomic E-state index is -0.541. The van der Waals surface area contributed by atoms with E-state index in [1.807, 2.05) is 42.5 Å². The summed E-state index contributed by atoms with van der Waals surface area (Å²) in [5, 5.41) is 13.2. The predicted octanol–water partition coefficient (Wildman–Crippen LogP) is 2.79. The number of carbonyl (C=O) groups is 1. The third kappa shape index (κ3) is 2.66. The molecule has 0 aromatic heterocycles. The number of hydrogen-bond acceptors (Lipinski definition) is 3. The quantitative estimate of drug-likeness (QED) is 0.893. The molecule has 118 valence electrons. The van der Waals surface area contributed by atoms with Gasteiger partial charge in [0, 0.05) is 6.42 Å². The first kappa shape index (κ1) is 14.8. The second-order valence-electron chi connectivity index (χ2n) is 6.16. The van der Waals surface area contributed by atoms with Crippen LogP contribution in [0.1, 0.15) is 33.5 Å². The van der Waals surface area contributed by atoms with E-state index in [2.05, 4.69) is 11.4 Å². The lowest BCUT2D eigenvalue weighted by molar-refractivity contribution is -0.122. The van der Waals surface area contributed by atoms with Crippen molar-refractivity contribution in [2.75, 3.05) is 5.75 Å². The van der Waals surface area contributed by atoms with Crippen molar-refractivity contribution in [1.29, 1.82) is 0 Å². The molecule has 0 spiro atoms. The zero-order chi connectivity index (χ0) is 15.8. The molecule has 3 atom stereocenters. The normalized spacial score (nSPS) is 25.5. The molecule has 0 saturated heterocycles. The smallest absolute Gasteiger partial charge is 0.238 e. The summed E-state index contributed by atoms with van der Waals surface area (Å²) in [6.45, 7) is 0. The fourth-order valence-corrected chi connectivity index (χ4v) is 4.79. The molecule has 2 aliphatic rings. The maximum atomic E-state index is 12.8. The molecule has 0 saturated carbocycles. The van der Waals surface area contributed by atoms with Crippen LogP contribution in [0.25, 0.3) is 0 Å². The van der Waals surface area contributed by atoms with Crippen molar-refractivity contribution in [3.8, 4) is 0 Å². The first-order valence-electron chi connectivity index (χ1n) is 7.99. The van der Waals surface area contributed by atoms with Crippen LogP contribution in [0.4, 0.5) is 0 Å². The zero-order valence-corrected chi connectivity index (χ0v) is 13.6. The number of rotatable bonds is 2. The molecular formula is C19H19NO2S. The van der Waals surface area contributed by atoms with E-state index >= 15 is 0 Å². The Labute approximate surface area is 140 Å². The average Bonchev–Trinajstić information content (AvgIpc) is 2.90. The van der Waals surface area contributed by atoms with Gasteiger partial charge in [0.25, 0.3) is 0 Å². The molecule has 0 unspecified atom stereocenters. The number of aliphatic hydroxyl groups excluding tert-OH is 1. The number of hydrogen-bond donors (Lipinski definition) is 2. The summed E-state index contributed by atoms with van der Waals surface area (Å²) in [5.74, 6) is 0.960. The molecule has 4 heteroatoms. The molecule has 23 heavy (non-hydrogen) atoms. The van der Waals surface area contributed by atoms with E-state index in [1.54, 1.807) is 11.8 Å². The van der Waals surface area contributed by atoms with E-state index in [9.17, 15) is 9.90 Å². The Morgan fingerprint density at radius 1 is 1.04 bits per heavy atom. The maximum Gasteiger partial charge on any atom is 0.238 e. The van der Waals surface area contributed by atoms with Gasteiger partial charge in [0.15, 0.2) is 0 Å². The Morgan fingerprint density at radius 3 is 2.57 bits per heavy atom. The van der Waals surface area contributed by atoms with Crippen LogP contribution < -0.4 is 5.32 Å². The van der Waals surface area contributed by atoms with Crippen molar-refractivity contribution >= 4 is 17.7 Å². The number of fused-ring (bicyclic) bond motifs is 2. The van der Waals surface area contributed by atoms with Crippen LogP contribution in [0, 0.1) is 0 Å². The molecule has 0 fully saturated rings. The fourth-order valence-electron chi connectivity index (χ4n) is 3.59. The molecule has 2 aromatic rings. The topological polar surface area (TPSA) is 49.3 Å². The first-order chi connectivity index (χ1) is 11.2. The largest absolute Gasteiger partial charge is 0.390 e. The second kappa shape index (κ2) is 6.02. The number of benzene rings is 2. The van der Waals surface area contributed by atoms with Crippen LogP contribution in [-0.4, -0.2) is 22.9 Å². The van der Waals surface area contributed by atoms with E-state index in [-0.39, 0.29) is 17.2 Å². The standard InChI is InChI=1S/C19H19NO2S/c21-16-11-13-6-2-3-7-14(13)17(16)20-19(22)18-15-8-4-1-5-12(15)9-10-23-18/h1-8,16-18,21H,9-11H2,(H,20,22)/t16-,17-,18+/m1/s1. The van der Waals surface area contributed by atoms with Gasteiger partial charge in [-0.25, -0.2) is 0 Å². The Balaban J connectivity index is 1.58. The number of aliphatic hydroxyl groups is 1. The number of thioether (sulfide) groups is 1. The lowest BCUT2D eigenvalue weighted by atomic mass is 10.0. The third-order valence-electron chi connectivity index (χ3n) is 4.73. The molecule has 1 aliphatic carbocycles. The molecule has 1 amide bonds. The number of aryl methyl sites for hydroxylation is 1. The van der Waals surface area contributed by atoms with Crippen molar-refractivity contribution in [3.05, 3.63) is 70.8 Å². The highest BCUT2D eigenvalue weighted by Gasteiger charge is 2.35. The molecule has 0 radical (unpaired) electrons.